The number of hydrogen-bond donors (Lipinski definition) is 1. The first-order chi connectivity index (χ1) is 8.29. The second-order valence-electron chi connectivity index (χ2n) is 4.03. The van der Waals surface area contributed by atoms with E-state index in [2.05, 4.69) is 6.07 Å². The quantitative estimate of drug-likeness (QED) is 0.868. The molecule has 0 amide bonds. The van der Waals surface area contributed by atoms with Gasteiger partial charge in [0.25, 0.3) is 0 Å². The average Bonchev–Trinajstić information content (AvgIpc) is 2.40. The van der Waals surface area contributed by atoms with Crippen LogP contribution in [-0.4, -0.2) is 0 Å². The molecular formula is C15H14N2. The van der Waals surface area contributed by atoms with Crippen LogP contribution in [0.25, 0.3) is 0 Å². The van der Waals surface area contributed by atoms with E-state index in [0.717, 1.165) is 17.5 Å². The zero-order valence-electron chi connectivity index (χ0n) is 9.51. The maximum absolute atomic E-state index is 8.83. The minimum absolute atomic E-state index is 0.0230. The molecule has 1 atom stereocenters. The lowest BCUT2D eigenvalue weighted by Crippen LogP contribution is -2.13. The second kappa shape index (κ2) is 5.29. The standard InChI is InChI=1S/C15H14N2/c16-11-13-6-4-5-12(9-13)10-15(17)14-7-2-1-3-8-14/h1-9,15H,10,17H2. The van der Waals surface area contributed by atoms with E-state index >= 15 is 0 Å². The molecule has 0 bridgehead atoms. The van der Waals surface area contributed by atoms with Crippen molar-refractivity contribution in [2.45, 2.75) is 12.5 Å². The Morgan fingerprint density at radius 2 is 1.82 bits per heavy atom. The van der Waals surface area contributed by atoms with Crippen molar-refractivity contribution >= 4 is 0 Å². The van der Waals surface area contributed by atoms with Crippen LogP contribution in [0.2, 0.25) is 0 Å². The summed E-state index contributed by atoms with van der Waals surface area (Å²) in [5, 5.41) is 8.83. The summed E-state index contributed by atoms with van der Waals surface area (Å²) in [6.07, 6.45) is 0.750. The second-order valence-corrected chi connectivity index (χ2v) is 4.03. The molecule has 2 aromatic rings. The maximum atomic E-state index is 8.83. The van der Waals surface area contributed by atoms with Crippen LogP contribution in [-0.2, 0) is 6.42 Å². The molecule has 0 aliphatic heterocycles. The van der Waals surface area contributed by atoms with Gasteiger partial charge in [-0.25, -0.2) is 0 Å². The van der Waals surface area contributed by atoms with Gasteiger partial charge in [0.15, 0.2) is 0 Å². The molecule has 2 nitrogen and oxygen atoms in total. The Kier molecular flexibility index (Phi) is 3.54. The molecule has 2 heteroatoms. The Labute approximate surface area is 101 Å². The topological polar surface area (TPSA) is 49.8 Å². The van der Waals surface area contributed by atoms with E-state index in [1.54, 1.807) is 6.07 Å². The Morgan fingerprint density at radius 1 is 1.06 bits per heavy atom. The number of hydrogen-bond acceptors (Lipinski definition) is 2. The zero-order chi connectivity index (χ0) is 12.1. The van der Waals surface area contributed by atoms with Crippen molar-refractivity contribution < 1.29 is 0 Å². The summed E-state index contributed by atoms with van der Waals surface area (Å²) in [5.41, 5.74) is 9.04. The maximum Gasteiger partial charge on any atom is 0.0991 e. The monoisotopic (exact) mass is 222 g/mol. The van der Waals surface area contributed by atoms with Crippen LogP contribution < -0.4 is 5.73 Å². The normalized spacial score (nSPS) is 11.8. The van der Waals surface area contributed by atoms with E-state index in [1.165, 1.54) is 0 Å². The lowest BCUT2D eigenvalue weighted by Gasteiger charge is -2.12. The van der Waals surface area contributed by atoms with E-state index in [4.69, 9.17) is 11.0 Å². The third kappa shape index (κ3) is 2.93. The fourth-order valence-corrected chi connectivity index (χ4v) is 1.84. The molecule has 0 radical (unpaired) electrons. The molecule has 2 rings (SSSR count). The molecule has 2 aromatic carbocycles. The molecule has 0 fully saturated rings. The van der Waals surface area contributed by atoms with Gasteiger partial charge < -0.3 is 5.73 Å². The molecule has 0 spiro atoms. The fourth-order valence-electron chi connectivity index (χ4n) is 1.84. The van der Waals surface area contributed by atoms with Gasteiger partial charge in [-0.1, -0.05) is 42.5 Å². The highest BCUT2D eigenvalue weighted by Gasteiger charge is 2.06. The van der Waals surface area contributed by atoms with Gasteiger partial charge in [0.1, 0.15) is 0 Å². The van der Waals surface area contributed by atoms with Crippen molar-refractivity contribution in [1.29, 1.82) is 5.26 Å². The van der Waals surface area contributed by atoms with Crippen molar-refractivity contribution in [1.82, 2.24) is 0 Å². The fraction of sp³-hybridized carbons (Fsp3) is 0.133. The van der Waals surface area contributed by atoms with Gasteiger partial charge in [-0.3, -0.25) is 0 Å². The van der Waals surface area contributed by atoms with E-state index in [9.17, 15) is 0 Å². The average molecular weight is 222 g/mol. The van der Waals surface area contributed by atoms with Crippen LogP contribution in [0.4, 0.5) is 0 Å². The van der Waals surface area contributed by atoms with Crippen LogP contribution in [0.15, 0.2) is 54.6 Å². The Balaban J connectivity index is 2.13. The van der Waals surface area contributed by atoms with E-state index in [1.807, 2.05) is 48.5 Å². The summed E-state index contributed by atoms with van der Waals surface area (Å²) < 4.78 is 0. The van der Waals surface area contributed by atoms with Gasteiger partial charge in [-0.05, 0) is 29.7 Å². The van der Waals surface area contributed by atoms with Crippen LogP contribution in [0.3, 0.4) is 0 Å². The Bertz CT molecular complexity index is 526. The summed E-state index contributed by atoms with van der Waals surface area (Å²) in [6.45, 7) is 0. The van der Waals surface area contributed by atoms with Crippen molar-refractivity contribution in [3.05, 3.63) is 71.3 Å². The molecule has 0 aliphatic rings. The number of nitriles is 1. The SMILES string of the molecule is N#Cc1cccc(CC(N)c2ccccc2)c1. The van der Waals surface area contributed by atoms with Crippen molar-refractivity contribution in [2.75, 3.05) is 0 Å². The number of benzene rings is 2. The predicted octanol–water partition coefficient (Wildman–Crippen LogP) is 2.80. The lowest BCUT2D eigenvalue weighted by molar-refractivity contribution is 0.722. The molecule has 1 unspecified atom stereocenters. The largest absolute Gasteiger partial charge is 0.324 e. The number of nitrogens with two attached hydrogens (primary N) is 1. The van der Waals surface area contributed by atoms with E-state index in [-0.39, 0.29) is 6.04 Å². The summed E-state index contributed by atoms with van der Waals surface area (Å²) in [4.78, 5) is 0. The molecule has 0 saturated carbocycles. The van der Waals surface area contributed by atoms with Gasteiger partial charge >= 0.3 is 0 Å². The molecule has 17 heavy (non-hydrogen) atoms. The highest BCUT2D eigenvalue weighted by Crippen LogP contribution is 2.16. The van der Waals surface area contributed by atoms with Gasteiger partial charge in [0, 0.05) is 6.04 Å². The molecule has 2 N–H and O–H groups in total. The first-order valence-corrected chi connectivity index (χ1v) is 5.59. The molecular weight excluding hydrogens is 208 g/mol. The lowest BCUT2D eigenvalue weighted by atomic mass is 9.99. The summed E-state index contributed by atoms with van der Waals surface area (Å²) in [6, 6.07) is 19.7. The minimum Gasteiger partial charge on any atom is -0.324 e. The van der Waals surface area contributed by atoms with Crippen LogP contribution in [0.5, 0.6) is 0 Å². The number of nitrogens with zero attached hydrogens (tertiary/aromatic N) is 1. The van der Waals surface area contributed by atoms with E-state index < -0.39 is 0 Å². The van der Waals surface area contributed by atoms with Gasteiger partial charge in [-0.15, -0.1) is 0 Å². The number of rotatable bonds is 3. The highest BCUT2D eigenvalue weighted by molar-refractivity contribution is 5.34. The summed E-state index contributed by atoms with van der Waals surface area (Å²) in [7, 11) is 0. The summed E-state index contributed by atoms with van der Waals surface area (Å²) in [5.74, 6) is 0. The first kappa shape index (κ1) is 11.4. The summed E-state index contributed by atoms with van der Waals surface area (Å²) >= 11 is 0. The Hall–Kier alpha value is -2.11. The van der Waals surface area contributed by atoms with Crippen molar-refractivity contribution in [2.24, 2.45) is 5.73 Å². The minimum atomic E-state index is -0.0230. The van der Waals surface area contributed by atoms with Crippen LogP contribution >= 0.6 is 0 Å². The van der Waals surface area contributed by atoms with Crippen LogP contribution in [0.1, 0.15) is 22.7 Å². The smallest absolute Gasteiger partial charge is 0.0991 e. The van der Waals surface area contributed by atoms with Gasteiger partial charge in [0.05, 0.1) is 11.6 Å². The van der Waals surface area contributed by atoms with Crippen molar-refractivity contribution in [3.63, 3.8) is 0 Å². The van der Waals surface area contributed by atoms with E-state index in [0.29, 0.717) is 5.56 Å². The molecule has 0 aliphatic carbocycles. The van der Waals surface area contributed by atoms with Crippen molar-refractivity contribution in [3.8, 4) is 6.07 Å². The zero-order valence-corrected chi connectivity index (χ0v) is 9.51. The van der Waals surface area contributed by atoms with Gasteiger partial charge in [0.2, 0.25) is 0 Å². The molecule has 84 valence electrons. The molecule has 0 saturated heterocycles. The third-order valence-electron chi connectivity index (χ3n) is 2.74. The predicted molar refractivity (Wildman–Crippen MR) is 68.2 cm³/mol. The molecule has 0 aromatic heterocycles. The van der Waals surface area contributed by atoms with Gasteiger partial charge in [-0.2, -0.15) is 5.26 Å². The highest BCUT2D eigenvalue weighted by atomic mass is 14.6. The molecule has 0 heterocycles. The Morgan fingerprint density at radius 3 is 2.53 bits per heavy atom. The van der Waals surface area contributed by atoms with Crippen LogP contribution in [0, 0.1) is 11.3 Å². The third-order valence-corrected chi connectivity index (χ3v) is 2.74. The first-order valence-electron chi connectivity index (χ1n) is 5.59.